The van der Waals surface area contributed by atoms with Gasteiger partial charge in [-0.15, -0.1) is 0 Å². The van der Waals surface area contributed by atoms with Gasteiger partial charge >= 0.3 is 0 Å². The maximum atomic E-state index is 13.2. The summed E-state index contributed by atoms with van der Waals surface area (Å²) < 4.78 is 13.2. The second-order valence-electron chi connectivity index (χ2n) is 5.13. The third-order valence-electron chi connectivity index (χ3n) is 3.84. The molecule has 1 fully saturated rings. The zero-order valence-corrected chi connectivity index (χ0v) is 12.2. The molecule has 0 amide bonds. The molecule has 1 aromatic rings. The molecule has 1 aliphatic rings. The molecule has 0 spiro atoms. The quantitative estimate of drug-likeness (QED) is 0.449. The standard InChI is InChI=1S/C14H17BrFNO2/c15-13(10-3-1-2-4-10)7-5-11-9-12(16)6-8-14(11)17(18)19/h6,8-10,13H,1-5,7H2. The van der Waals surface area contributed by atoms with Gasteiger partial charge < -0.3 is 0 Å². The van der Waals surface area contributed by atoms with Crippen LogP contribution in [0.15, 0.2) is 18.2 Å². The van der Waals surface area contributed by atoms with Crippen LogP contribution in [-0.4, -0.2) is 9.75 Å². The van der Waals surface area contributed by atoms with Gasteiger partial charge in [-0.2, -0.15) is 0 Å². The average molecular weight is 330 g/mol. The molecule has 0 aromatic heterocycles. The Labute approximate surface area is 120 Å². The highest BCUT2D eigenvalue weighted by atomic mass is 79.9. The van der Waals surface area contributed by atoms with Crippen molar-refractivity contribution in [2.75, 3.05) is 0 Å². The maximum absolute atomic E-state index is 13.2. The van der Waals surface area contributed by atoms with E-state index >= 15 is 0 Å². The lowest BCUT2D eigenvalue weighted by molar-refractivity contribution is -0.385. The monoisotopic (exact) mass is 329 g/mol. The summed E-state index contributed by atoms with van der Waals surface area (Å²) in [6.45, 7) is 0. The Balaban J connectivity index is 2.01. The number of hydrogen-bond donors (Lipinski definition) is 0. The van der Waals surface area contributed by atoms with Gasteiger partial charge in [-0.1, -0.05) is 28.8 Å². The van der Waals surface area contributed by atoms with Gasteiger partial charge in [-0.25, -0.2) is 4.39 Å². The molecule has 0 saturated heterocycles. The van der Waals surface area contributed by atoms with Crippen LogP contribution >= 0.6 is 15.9 Å². The molecule has 0 N–H and O–H groups in total. The van der Waals surface area contributed by atoms with Gasteiger partial charge in [-0.05, 0) is 43.7 Å². The average Bonchev–Trinajstić information content (AvgIpc) is 2.89. The highest BCUT2D eigenvalue weighted by Crippen LogP contribution is 2.34. The van der Waals surface area contributed by atoms with Crippen LogP contribution < -0.4 is 0 Å². The largest absolute Gasteiger partial charge is 0.272 e. The molecular formula is C14H17BrFNO2. The van der Waals surface area contributed by atoms with Crippen LogP contribution in [0.2, 0.25) is 0 Å². The van der Waals surface area contributed by atoms with Crippen molar-refractivity contribution in [3.8, 4) is 0 Å². The van der Waals surface area contributed by atoms with Gasteiger partial charge in [0.25, 0.3) is 5.69 Å². The van der Waals surface area contributed by atoms with Gasteiger partial charge in [0.2, 0.25) is 0 Å². The minimum absolute atomic E-state index is 0.0209. The van der Waals surface area contributed by atoms with E-state index < -0.39 is 10.7 Å². The Morgan fingerprint density at radius 3 is 2.74 bits per heavy atom. The van der Waals surface area contributed by atoms with Crippen LogP contribution in [-0.2, 0) is 6.42 Å². The first-order valence-electron chi connectivity index (χ1n) is 6.65. The Kier molecular flexibility index (Phi) is 4.91. The predicted octanol–water partition coefficient (Wildman–Crippen LogP) is 4.62. The van der Waals surface area contributed by atoms with Crippen molar-refractivity contribution in [3.05, 3.63) is 39.7 Å². The first-order chi connectivity index (χ1) is 9.08. The fourth-order valence-corrected chi connectivity index (χ4v) is 3.54. The first-order valence-corrected chi connectivity index (χ1v) is 7.56. The minimum atomic E-state index is -0.437. The molecule has 0 heterocycles. The third kappa shape index (κ3) is 3.75. The number of alkyl halides is 1. The molecule has 0 radical (unpaired) electrons. The number of rotatable bonds is 5. The van der Waals surface area contributed by atoms with E-state index in [0.29, 0.717) is 22.7 Å². The molecular weight excluding hydrogens is 313 g/mol. The molecule has 104 valence electrons. The van der Waals surface area contributed by atoms with Crippen LogP contribution in [0.4, 0.5) is 10.1 Å². The summed E-state index contributed by atoms with van der Waals surface area (Å²) in [7, 11) is 0. The zero-order chi connectivity index (χ0) is 13.8. The summed E-state index contributed by atoms with van der Waals surface area (Å²) in [6, 6.07) is 3.68. The molecule has 5 heteroatoms. The van der Waals surface area contributed by atoms with E-state index in [1.54, 1.807) is 0 Å². The van der Waals surface area contributed by atoms with E-state index in [2.05, 4.69) is 15.9 Å². The van der Waals surface area contributed by atoms with Crippen LogP contribution in [0.3, 0.4) is 0 Å². The third-order valence-corrected chi connectivity index (χ3v) is 5.04. The van der Waals surface area contributed by atoms with Gasteiger partial charge in [0, 0.05) is 16.5 Å². The summed E-state index contributed by atoms with van der Waals surface area (Å²) in [4.78, 5) is 10.8. The number of nitrogens with zero attached hydrogens (tertiary/aromatic N) is 1. The Bertz CT molecular complexity index is 461. The van der Waals surface area contributed by atoms with E-state index in [0.717, 1.165) is 12.5 Å². The summed E-state index contributed by atoms with van der Waals surface area (Å²) >= 11 is 3.68. The maximum Gasteiger partial charge on any atom is 0.272 e. The number of hydrogen-bond acceptors (Lipinski definition) is 2. The van der Waals surface area contributed by atoms with Gasteiger partial charge in [0.1, 0.15) is 5.82 Å². The van der Waals surface area contributed by atoms with Crippen molar-refractivity contribution in [2.45, 2.75) is 43.4 Å². The minimum Gasteiger partial charge on any atom is -0.258 e. The fraction of sp³-hybridized carbons (Fsp3) is 0.571. The summed E-state index contributed by atoms with van der Waals surface area (Å²) in [5.74, 6) is 0.250. The summed E-state index contributed by atoms with van der Waals surface area (Å²) in [5, 5.41) is 10.9. The number of nitro benzene ring substituents is 1. The molecule has 2 rings (SSSR count). The Morgan fingerprint density at radius 1 is 1.42 bits per heavy atom. The van der Waals surface area contributed by atoms with Crippen molar-refractivity contribution < 1.29 is 9.31 Å². The Hall–Kier alpha value is -0.970. The molecule has 0 aliphatic heterocycles. The van der Waals surface area contributed by atoms with E-state index in [1.807, 2.05) is 0 Å². The molecule has 1 atom stereocenters. The first kappa shape index (κ1) is 14.4. The van der Waals surface area contributed by atoms with Crippen molar-refractivity contribution in [1.82, 2.24) is 0 Å². The van der Waals surface area contributed by atoms with E-state index in [9.17, 15) is 14.5 Å². The summed E-state index contributed by atoms with van der Waals surface area (Å²) in [5.41, 5.74) is 0.514. The van der Waals surface area contributed by atoms with E-state index in [4.69, 9.17) is 0 Å². The van der Waals surface area contributed by atoms with E-state index in [-0.39, 0.29) is 5.69 Å². The van der Waals surface area contributed by atoms with Crippen molar-refractivity contribution in [3.63, 3.8) is 0 Å². The Morgan fingerprint density at radius 2 is 2.11 bits per heavy atom. The summed E-state index contributed by atoms with van der Waals surface area (Å²) in [6.07, 6.45) is 6.34. The molecule has 1 aromatic carbocycles. The van der Waals surface area contributed by atoms with Crippen LogP contribution in [0, 0.1) is 21.8 Å². The second-order valence-corrected chi connectivity index (χ2v) is 6.31. The van der Waals surface area contributed by atoms with Crippen LogP contribution in [0.5, 0.6) is 0 Å². The number of aryl methyl sites for hydroxylation is 1. The van der Waals surface area contributed by atoms with Gasteiger partial charge in [0.05, 0.1) is 4.92 Å². The normalized spacial score (nSPS) is 17.6. The molecule has 3 nitrogen and oxygen atoms in total. The molecule has 1 aliphatic carbocycles. The second kappa shape index (κ2) is 6.46. The number of benzene rings is 1. The van der Waals surface area contributed by atoms with Crippen molar-refractivity contribution >= 4 is 21.6 Å². The lowest BCUT2D eigenvalue weighted by Crippen LogP contribution is -2.12. The van der Waals surface area contributed by atoms with Crippen molar-refractivity contribution in [1.29, 1.82) is 0 Å². The molecule has 1 unspecified atom stereocenters. The topological polar surface area (TPSA) is 43.1 Å². The highest BCUT2D eigenvalue weighted by molar-refractivity contribution is 9.09. The van der Waals surface area contributed by atoms with Crippen LogP contribution in [0.25, 0.3) is 0 Å². The van der Waals surface area contributed by atoms with Crippen LogP contribution in [0.1, 0.15) is 37.7 Å². The zero-order valence-electron chi connectivity index (χ0n) is 10.6. The van der Waals surface area contributed by atoms with Gasteiger partial charge in [0.15, 0.2) is 0 Å². The van der Waals surface area contributed by atoms with Gasteiger partial charge in [-0.3, -0.25) is 10.1 Å². The SMILES string of the molecule is O=[N+]([O-])c1ccc(F)cc1CCC(Br)C1CCCC1. The highest BCUT2D eigenvalue weighted by Gasteiger charge is 2.23. The lowest BCUT2D eigenvalue weighted by Gasteiger charge is -2.16. The number of nitro groups is 1. The predicted molar refractivity (Wildman–Crippen MR) is 76.0 cm³/mol. The smallest absolute Gasteiger partial charge is 0.258 e. The fourth-order valence-electron chi connectivity index (χ4n) is 2.78. The lowest BCUT2D eigenvalue weighted by atomic mass is 9.97. The molecule has 1 saturated carbocycles. The van der Waals surface area contributed by atoms with E-state index in [1.165, 1.54) is 37.8 Å². The molecule has 19 heavy (non-hydrogen) atoms. The number of halogens is 2. The van der Waals surface area contributed by atoms with Crippen molar-refractivity contribution in [2.24, 2.45) is 5.92 Å². The molecule has 0 bridgehead atoms.